The van der Waals surface area contributed by atoms with Gasteiger partial charge in [-0.15, -0.1) is 0 Å². The average molecular weight is 427 g/mol. The predicted octanol–water partition coefficient (Wildman–Crippen LogP) is 4.56. The van der Waals surface area contributed by atoms with E-state index in [9.17, 15) is 5.26 Å². The van der Waals surface area contributed by atoms with Gasteiger partial charge in [0.05, 0.1) is 0 Å². The molecule has 0 atom stereocenters. The maximum absolute atomic E-state index is 9.34. The highest BCUT2D eigenvalue weighted by molar-refractivity contribution is 9.10. The number of halogens is 1. The van der Waals surface area contributed by atoms with E-state index >= 15 is 0 Å². The summed E-state index contributed by atoms with van der Waals surface area (Å²) in [6.45, 7) is 0.158. The molecule has 0 aliphatic heterocycles. The van der Waals surface area contributed by atoms with Crippen LogP contribution in [-0.4, -0.2) is 9.97 Å². The Hall–Kier alpha value is -2.56. The molecule has 0 radical (unpaired) electrons. The maximum atomic E-state index is 9.34. The van der Waals surface area contributed by atoms with Crippen LogP contribution in [-0.2, 0) is 12.4 Å². The van der Waals surface area contributed by atoms with Gasteiger partial charge in [-0.05, 0) is 29.8 Å². The van der Waals surface area contributed by atoms with Crippen molar-refractivity contribution in [2.75, 3.05) is 5.73 Å². The molecule has 0 bridgehead atoms. The van der Waals surface area contributed by atoms with Gasteiger partial charge in [0.1, 0.15) is 35.5 Å². The van der Waals surface area contributed by atoms with Crippen LogP contribution >= 0.6 is 27.7 Å². The van der Waals surface area contributed by atoms with Crippen LogP contribution in [0, 0.1) is 11.3 Å². The lowest BCUT2D eigenvalue weighted by Crippen LogP contribution is -2.08. The number of hydrogen-bond acceptors (Lipinski definition) is 6. The van der Waals surface area contributed by atoms with E-state index in [0.29, 0.717) is 22.4 Å². The highest BCUT2D eigenvalue weighted by atomic mass is 79.9. The third-order valence-electron chi connectivity index (χ3n) is 3.50. The Kier molecular flexibility index (Phi) is 6.10. The topological polar surface area (TPSA) is 84.8 Å². The quantitative estimate of drug-likeness (QED) is 0.459. The first kappa shape index (κ1) is 18.2. The number of nitrogen functional groups attached to an aromatic ring is 1. The van der Waals surface area contributed by atoms with Crippen LogP contribution in [0.2, 0.25) is 0 Å². The summed E-state index contributed by atoms with van der Waals surface area (Å²) < 4.78 is 6.74. The number of ether oxygens (including phenoxy) is 1. The van der Waals surface area contributed by atoms with Gasteiger partial charge in [-0.1, -0.05) is 58.0 Å². The van der Waals surface area contributed by atoms with E-state index in [4.69, 9.17) is 10.5 Å². The van der Waals surface area contributed by atoms with E-state index < -0.39 is 0 Å². The zero-order chi connectivity index (χ0) is 18.4. The lowest BCUT2D eigenvalue weighted by Gasteiger charge is -2.10. The van der Waals surface area contributed by atoms with Gasteiger partial charge in [0, 0.05) is 10.2 Å². The van der Waals surface area contributed by atoms with Crippen LogP contribution in [0.5, 0.6) is 5.75 Å². The van der Waals surface area contributed by atoms with Gasteiger partial charge < -0.3 is 10.5 Å². The van der Waals surface area contributed by atoms with E-state index in [1.54, 1.807) is 0 Å². The van der Waals surface area contributed by atoms with Crippen LogP contribution < -0.4 is 10.5 Å². The summed E-state index contributed by atoms with van der Waals surface area (Å²) in [6, 6.07) is 19.5. The van der Waals surface area contributed by atoms with Crippen molar-refractivity contribution in [3.63, 3.8) is 0 Å². The third kappa shape index (κ3) is 4.75. The summed E-state index contributed by atoms with van der Waals surface area (Å²) in [5.74, 6) is 1.59. The van der Waals surface area contributed by atoms with Crippen molar-refractivity contribution < 1.29 is 4.74 Å². The summed E-state index contributed by atoms with van der Waals surface area (Å²) in [4.78, 5) is 8.70. The van der Waals surface area contributed by atoms with Crippen LogP contribution in [0.3, 0.4) is 0 Å². The molecule has 26 heavy (non-hydrogen) atoms. The molecule has 3 aromatic rings. The molecule has 0 unspecified atom stereocenters. The van der Waals surface area contributed by atoms with Crippen LogP contribution in [0.4, 0.5) is 5.82 Å². The van der Waals surface area contributed by atoms with Gasteiger partial charge in [0.25, 0.3) is 0 Å². The van der Waals surface area contributed by atoms with E-state index in [2.05, 4.69) is 32.0 Å². The number of aromatic nitrogens is 2. The summed E-state index contributed by atoms with van der Waals surface area (Å²) in [7, 11) is 0. The van der Waals surface area contributed by atoms with Gasteiger partial charge in [-0.2, -0.15) is 5.26 Å². The Morgan fingerprint density at radius 3 is 2.50 bits per heavy atom. The van der Waals surface area contributed by atoms with Crippen LogP contribution in [0.25, 0.3) is 0 Å². The second-order valence-corrected chi connectivity index (χ2v) is 7.20. The number of para-hydroxylation sites is 1. The Bertz CT molecular complexity index is 927. The molecule has 2 N–H and O–H groups in total. The molecule has 0 saturated carbocycles. The predicted molar refractivity (Wildman–Crippen MR) is 106 cm³/mol. The highest BCUT2D eigenvalue weighted by Crippen LogP contribution is 2.24. The van der Waals surface area contributed by atoms with Crippen LogP contribution in [0.15, 0.2) is 64.2 Å². The second kappa shape index (κ2) is 8.70. The van der Waals surface area contributed by atoms with Crippen molar-refractivity contribution in [1.29, 1.82) is 5.26 Å². The first-order valence-corrected chi connectivity index (χ1v) is 9.55. The monoisotopic (exact) mass is 426 g/mol. The maximum Gasteiger partial charge on any atom is 0.190 e. The summed E-state index contributed by atoms with van der Waals surface area (Å²) in [5, 5.41) is 9.87. The minimum Gasteiger partial charge on any atom is -0.487 e. The van der Waals surface area contributed by atoms with Crippen molar-refractivity contribution in [3.8, 4) is 11.8 Å². The first-order valence-electron chi connectivity index (χ1n) is 7.77. The van der Waals surface area contributed by atoms with Crippen molar-refractivity contribution in [3.05, 3.63) is 75.9 Å². The van der Waals surface area contributed by atoms with Crippen LogP contribution in [0.1, 0.15) is 16.8 Å². The fourth-order valence-electron chi connectivity index (χ4n) is 2.19. The molecule has 0 spiro atoms. The molecule has 0 aliphatic rings. The lowest BCUT2D eigenvalue weighted by molar-refractivity contribution is 0.299. The van der Waals surface area contributed by atoms with Gasteiger partial charge >= 0.3 is 0 Å². The van der Waals surface area contributed by atoms with E-state index in [1.807, 2.05) is 54.6 Å². The minimum absolute atomic E-state index is 0.158. The Morgan fingerprint density at radius 1 is 1.08 bits per heavy atom. The number of nitriles is 1. The molecule has 0 aliphatic carbocycles. The molecule has 3 rings (SSSR count). The SMILES string of the molecule is N#Cc1c(N)nc(SCc2ccc(Br)cc2)nc1COc1ccccc1. The molecule has 130 valence electrons. The molecule has 1 heterocycles. The molecule has 5 nitrogen and oxygen atoms in total. The lowest BCUT2D eigenvalue weighted by atomic mass is 10.2. The number of anilines is 1. The number of nitrogens with two attached hydrogens (primary N) is 1. The number of hydrogen-bond donors (Lipinski definition) is 1. The van der Waals surface area contributed by atoms with Gasteiger partial charge in [0.2, 0.25) is 0 Å². The third-order valence-corrected chi connectivity index (χ3v) is 4.95. The van der Waals surface area contributed by atoms with Crippen molar-refractivity contribution in [1.82, 2.24) is 9.97 Å². The smallest absolute Gasteiger partial charge is 0.190 e. The normalized spacial score (nSPS) is 10.3. The van der Waals surface area contributed by atoms with Gasteiger partial charge in [-0.25, -0.2) is 9.97 Å². The largest absolute Gasteiger partial charge is 0.487 e. The van der Waals surface area contributed by atoms with E-state index in [-0.39, 0.29) is 18.0 Å². The minimum atomic E-state index is 0.158. The van der Waals surface area contributed by atoms with E-state index in [0.717, 1.165) is 10.0 Å². The van der Waals surface area contributed by atoms with Crippen molar-refractivity contribution in [2.45, 2.75) is 17.5 Å². The fourth-order valence-corrected chi connectivity index (χ4v) is 3.28. The molecule has 7 heteroatoms. The Morgan fingerprint density at radius 2 is 1.81 bits per heavy atom. The summed E-state index contributed by atoms with van der Waals surface area (Å²) in [5.41, 5.74) is 7.83. The zero-order valence-corrected chi connectivity index (χ0v) is 16.1. The number of nitrogens with zero attached hydrogens (tertiary/aromatic N) is 3. The summed E-state index contributed by atoms with van der Waals surface area (Å²) >= 11 is 4.89. The van der Waals surface area contributed by atoms with Crippen molar-refractivity contribution >= 4 is 33.5 Å². The molecule has 0 saturated heterocycles. The molecular formula is C19H15BrN4OS. The van der Waals surface area contributed by atoms with Gasteiger partial charge in [-0.3, -0.25) is 0 Å². The number of rotatable bonds is 6. The average Bonchev–Trinajstić information content (AvgIpc) is 2.66. The zero-order valence-electron chi connectivity index (χ0n) is 13.7. The Labute approximate surface area is 164 Å². The summed E-state index contributed by atoms with van der Waals surface area (Å²) in [6.07, 6.45) is 0. The van der Waals surface area contributed by atoms with E-state index in [1.165, 1.54) is 11.8 Å². The fraction of sp³-hybridized carbons (Fsp3) is 0.105. The molecule has 1 aromatic heterocycles. The standard InChI is InChI=1S/C19H15BrN4OS/c20-14-8-6-13(7-9-14)12-26-19-23-17(16(10-21)18(22)24-19)11-25-15-4-2-1-3-5-15/h1-9H,11-12H2,(H2,22,23,24). The Balaban J connectivity index is 1.75. The first-order chi connectivity index (χ1) is 12.7. The number of benzene rings is 2. The van der Waals surface area contributed by atoms with Gasteiger partial charge in [0.15, 0.2) is 5.16 Å². The molecule has 2 aromatic carbocycles. The molecule has 0 amide bonds. The molecular weight excluding hydrogens is 412 g/mol. The molecule has 0 fully saturated rings. The second-order valence-electron chi connectivity index (χ2n) is 5.34. The number of thioether (sulfide) groups is 1. The van der Waals surface area contributed by atoms with Crippen molar-refractivity contribution in [2.24, 2.45) is 0 Å². The highest BCUT2D eigenvalue weighted by Gasteiger charge is 2.13.